The molecule has 3 aliphatic rings. The summed E-state index contributed by atoms with van der Waals surface area (Å²) < 4.78 is 0. The maximum Gasteiger partial charge on any atom is 0.0462 e. The number of hydrogen-bond acceptors (Lipinski definition) is 1. The van der Waals surface area contributed by atoms with Crippen molar-refractivity contribution in [3.05, 3.63) is 0 Å². The zero-order valence-electron chi connectivity index (χ0n) is 8.62. The highest BCUT2D eigenvalue weighted by Crippen LogP contribution is 2.51. The lowest BCUT2D eigenvalue weighted by molar-refractivity contribution is 0.279. The molecule has 2 saturated carbocycles. The molecule has 3 rings (SSSR count). The summed E-state index contributed by atoms with van der Waals surface area (Å²) in [6.45, 7) is 0. The van der Waals surface area contributed by atoms with Gasteiger partial charge in [-0.1, -0.05) is 6.42 Å². The van der Waals surface area contributed by atoms with E-state index in [4.69, 9.17) is 11.6 Å². The van der Waals surface area contributed by atoms with E-state index in [9.17, 15) is 0 Å². The van der Waals surface area contributed by atoms with Gasteiger partial charge in [0.25, 0.3) is 0 Å². The van der Waals surface area contributed by atoms with Crippen LogP contribution >= 0.6 is 23.4 Å². The molecule has 2 bridgehead atoms. The fourth-order valence-electron chi connectivity index (χ4n) is 3.84. The number of rotatable bonds is 2. The fourth-order valence-corrected chi connectivity index (χ4v) is 5.71. The summed E-state index contributed by atoms with van der Waals surface area (Å²) in [5.74, 6) is 6.63. The first kappa shape index (κ1) is 9.84. The molecule has 0 N–H and O–H groups in total. The number of fused-ring (bicyclic) bond motifs is 2. The Labute approximate surface area is 96.2 Å². The quantitative estimate of drug-likeness (QED) is 0.651. The smallest absolute Gasteiger partial charge is 0.0462 e. The molecular weight excluding hydrogens is 212 g/mol. The van der Waals surface area contributed by atoms with Gasteiger partial charge in [-0.05, 0) is 55.1 Å². The largest absolute Gasteiger partial charge is 0.160 e. The van der Waals surface area contributed by atoms with Gasteiger partial charge in [-0.15, -0.1) is 11.6 Å². The molecule has 5 atom stereocenters. The SMILES string of the molecule is ClC1CSCC1CC1CC2CCC1C2. The molecule has 1 heterocycles. The highest BCUT2D eigenvalue weighted by molar-refractivity contribution is 7.99. The lowest BCUT2D eigenvalue weighted by Gasteiger charge is -2.25. The molecule has 80 valence electrons. The normalized spacial score (nSPS) is 51.6. The van der Waals surface area contributed by atoms with Crippen LogP contribution in [-0.4, -0.2) is 16.9 Å². The van der Waals surface area contributed by atoms with Crippen LogP contribution in [0.3, 0.4) is 0 Å². The van der Waals surface area contributed by atoms with Crippen LogP contribution in [0, 0.1) is 23.7 Å². The van der Waals surface area contributed by atoms with Crippen molar-refractivity contribution in [1.29, 1.82) is 0 Å². The van der Waals surface area contributed by atoms with Crippen LogP contribution in [0.2, 0.25) is 0 Å². The lowest BCUT2D eigenvalue weighted by Crippen LogP contribution is -2.20. The molecule has 0 aromatic carbocycles. The van der Waals surface area contributed by atoms with Gasteiger partial charge in [0.05, 0.1) is 0 Å². The van der Waals surface area contributed by atoms with Gasteiger partial charge in [-0.25, -0.2) is 0 Å². The van der Waals surface area contributed by atoms with Crippen LogP contribution in [0.25, 0.3) is 0 Å². The van der Waals surface area contributed by atoms with Crippen LogP contribution in [0.15, 0.2) is 0 Å². The zero-order chi connectivity index (χ0) is 9.54. The van der Waals surface area contributed by atoms with E-state index in [1.54, 1.807) is 6.42 Å². The third-order valence-corrected chi connectivity index (χ3v) is 6.56. The maximum absolute atomic E-state index is 6.34. The Kier molecular flexibility index (Phi) is 2.74. The van der Waals surface area contributed by atoms with Crippen molar-refractivity contribution in [1.82, 2.24) is 0 Å². The van der Waals surface area contributed by atoms with E-state index in [0.29, 0.717) is 5.38 Å². The van der Waals surface area contributed by atoms with Crippen molar-refractivity contribution in [2.75, 3.05) is 11.5 Å². The Bertz CT molecular complexity index is 218. The number of hydrogen-bond donors (Lipinski definition) is 0. The Balaban J connectivity index is 1.57. The van der Waals surface area contributed by atoms with Crippen molar-refractivity contribution in [2.24, 2.45) is 23.7 Å². The Hall–Kier alpha value is 0.640. The first-order valence-electron chi connectivity index (χ1n) is 6.04. The van der Waals surface area contributed by atoms with E-state index in [2.05, 4.69) is 11.8 Å². The molecule has 0 radical (unpaired) electrons. The molecule has 2 heteroatoms. The summed E-state index contributed by atoms with van der Waals surface area (Å²) in [6.07, 6.45) is 7.60. The minimum absolute atomic E-state index is 0.485. The molecule has 0 amide bonds. The summed E-state index contributed by atoms with van der Waals surface area (Å²) in [5.41, 5.74) is 0. The van der Waals surface area contributed by atoms with Gasteiger partial charge >= 0.3 is 0 Å². The minimum Gasteiger partial charge on any atom is -0.160 e. The number of thioether (sulfide) groups is 1. The molecule has 1 saturated heterocycles. The maximum atomic E-state index is 6.34. The third-order valence-electron chi connectivity index (χ3n) is 4.61. The molecule has 3 fully saturated rings. The van der Waals surface area contributed by atoms with E-state index in [1.165, 1.54) is 37.2 Å². The van der Waals surface area contributed by atoms with Gasteiger partial charge in [0.2, 0.25) is 0 Å². The highest BCUT2D eigenvalue weighted by Gasteiger charge is 2.41. The third kappa shape index (κ3) is 1.71. The Morgan fingerprint density at radius 2 is 2.00 bits per heavy atom. The van der Waals surface area contributed by atoms with Gasteiger partial charge < -0.3 is 0 Å². The number of alkyl halides is 1. The molecule has 0 aromatic rings. The summed E-state index contributed by atoms with van der Waals surface area (Å²) in [6, 6.07) is 0. The standard InChI is InChI=1S/C12H19ClS/c13-12-7-14-6-11(12)5-10-4-8-1-2-9(10)3-8/h8-12H,1-7H2. The Morgan fingerprint density at radius 3 is 2.57 bits per heavy atom. The van der Waals surface area contributed by atoms with Crippen molar-refractivity contribution in [2.45, 2.75) is 37.5 Å². The second kappa shape index (κ2) is 3.90. The van der Waals surface area contributed by atoms with E-state index in [1.807, 2.05) is 0 Å². The highest BCUT2D eigenvalue weighted by atomic mass is 35.5. The van der Waals surface area contributed by atoms with Crippen molar-refractivity contribution in [3.63, 3.8) is 0 Å². The van der Waals surface area contributed by atoms with E-state index in [-0.39, 0.29) is 0 Å². The monoisotopic (exact) mass is 230 g/mol. The van der Waals surface area contributed by atoms with Crippen LogP contribution in [0.4, 0.5) is 0 Å². The van der Waals surface area contributed by atoms with Crippen molar-refractivity contribution in [3.8, 4) is 0 Å². The van der Waals surface area contributed by atoms with Crippen molar-refractivity contribution < 1.29 is 0 Å². The minimum atomic E-state index is 0.485. The summed E-state index contributed by atoms with van der Waals surface area (Å²) in [7, 11) is 0. The van der Waals surface area contributed by atoms with Gasteiger partial charge in [0, 0.05) is 11.1 Å². The average Bonchev–Trinajstić information content (AvgIpc) is 2.83. The van der Waals surface area contributed by atoms with Gasteiger partial charge in [-0.2, -0.15) is 11.8 Å². The molecule has 2 aliphatic carbocycles. The summed E-state index contributed by atoms with van der Waals surface area (Å²) in [5, 5.41) is 0.485. The molecule has 0 aromatic heterocycles. The molecule has 5 unspecified atom stereocenters. The zero-order valence-corrected chi connectivity index (χ0v) is 10.2. The van der Waals surface area contributed by atoms with E-state index in [0.717, 1.165) is 23.7 Å². The van der Waals surface area contributed by atoms with E-state index >= 15 is 0 Å². The Morgan fingerprint density at radius 1 is 1.07 bits per heavy atom. The van der Waals surface area contributed by atoms with Crippen LogP contribution in [-0.2, 0) is 0 Å². The van der Waals surface area contributed by atoms with E-state index < -0.39 is 0 Å². The summed E-state index contributed by atoms with van der Waals surface area (Å²) in [4.78, 5) is 0. The lowest BCUT2D eigenvalue weighted by atomic mass is 9.82. The summed E-state index contributed by atoms with van der Waals surface area (Å²) >= 11 is 8.40. The molecule has 0 nitrogen and oxygen atoms in total. The topological polar surface area (TPSA) is 0 Å². The predicted molar refractivity (Wildman–Crippen MR) is 64.0 cm³/mol. The van der Waals surface area contributed by atoms with Gasteiger partial charge in [0.1, 0.15) is 0 Å². The first-order valence-corrected chi connectivity index (χ1v) is 7.64. The first-order chi connectivity index (χ1) is 6.83. The second-order valence-corrected chi connectivity index (χ2v) is 7.12. The molecule has 14 heavy (non-hydrogen) atoms. The second-order valence-electron chi connectivity index (χ2n) is 5.48. The van der Waals surface area contributed by atoms with Crippen LogP contribution in [0.1, 0.15) is 32.1 Å². The fraction of sp³-hybridized carbons (Fsp3) is 1.00. The van der Waals surface area contributed by atoms with Gasteiger partial charge in [-0.3, -0.25) is 0 Å². The van der Waals surface area contributed by atoms with Crippen LogP contribution in [0.5, 0.6) is 0 Å². The van der Waals surface area contributed by atoms with Crippen molar-refractivity contribution >= 4 is 23.4 Å². The number of halogens is 1. The molecule has 0 spiro atoms. The van der Waals surface area contributed by atoms with Gasteiger partial charge in [0.15, 0.2) is 0 Å². The average molecular weight is 231 g/mol. The predicted octanol–water partition coefficient (Wildman–Crippen LogP) is 3.78. The molecule has 1 aliphatic heterocycles. The molecular formula is C12H19ClS. The van der Waals surface area contributed by atoms with Crippen LogP contribution < -0.4 is 0 Å².